The number of fused-ring (bicyclic) bond motifs is 2. The van der Waals surface area contributed by atoms with Gasteiger partial charge in [-0.15, -0.1) is 0 Å². The second kappa shape index (κ2) is 10.1. The van der Waals surface area contributed by atoms with Crippen molar-refractivity contribution < 1.29 is 19.1 Å². The number of thioether (sulfide) groups is 1. The number of esters is 1. The van der Waals surface area contributed by atoms with E-state index in [1.807, 2.05) is 24.3 Å². The highest BCUT2D eigenvalue weighted by Gasteiger charge is 2.56. The lowest BCUT2D eigenvalue weighted by molar-refractivity contribution is -0.144. The molecule has 7 nitrogen and oxygen atoms in total. The number of thiazole rings is 1. The number of rotatable bonds is 5. The van der Waals surface area contributed by atoms with E-state index >= 15 is 0 Å². The Kier molecular flexibility index (Phi) is 7.17. The molecule has 2 amide bonds. The summed E-state index contributed by atoms with van der Waals surface area (Å²) in [5, 5.41) is -0.175. The van der Waals surface area contributed by atoms with Gasteiger partial charge in [0.2, 0.25) is 11.8 Å². The van der Waals surface area contributed by atoms with Gasteiger partial charge in [-0.3, -0.25) is 23.7 Å². The van der Waals surface area contributed by atoms with Gasteiger partial charge in [0, 0.05) is 15.3 Å². The third-order valence-electron chi connectivity index (χ3n) is 6.86. The van der Waals surface area contributed by atoms with Crippen LogP contribution in [0.4, 0.5) is 5.69 Å². The van der Waals surface area contributed by atoms with Crippen molar-refractivity contribution in [1.29, 1.82) is 0 Å². The van der Waals surface area contributed by atoms with Gasteiger partial charge in [0.05, 0.1) is 23.2 Å². The minimum Gasteiger partial charge on any atom is -0.465 e. The molecule has 1 saturated heterocycles. The van der Waals surface area contributed by atoms with Gasteiger partial charge in [-0.1, -0.05) is 84.1 Å². The van der Waals surface area contributed by atoms with Crippen LogP contribution in [0.15, 0.2) is 62.8 Å². The summed E-state index contributed by atoms with van der Waals surface area (Å²) in [5.74, 6) is -2.31. The Bertz CT molecular complexity index is 1470. The second-order valence-corrected chi connectivity index (χ2v) is 13.4. The molecule has 10 heteroatoms. The van der Waals surface area contributed by atoms with Gasteiger partial charge in [0.1, 0.15) is 11.8 Å². The molecule has 2 aliphatic rings. The highest BCUT2D eigenvalue weighted by molar-refractivity contribution is 9.10. The van der Waals surface area contributed by atoms with Crippen molar-refractivity contribution in [2.24, 2.45) is 5.92 Å². The van der Waals surface area contributed by atoms with E-state index in [4.69, 9.17) is 4.74 Å². The number of carbonyl (C=O) groups is 3. The van der Waals surface area contributed by atoms with Crippen LogP contribution in [0.25, 0.3) is 0 Å². The predicted molar refractivity (Wildman–Crippen MR) is 152 cm³/mol. The number of aromatic nitrogens is 1. The molecular weight excluding hydrogens is 588 g/mol. The van der Waals surface area contributed by atoms with Gasteiger partial charge in [-0.2, -0.15) is 0 Å². The van der Waals surface area contributed by atoms with Gasteiger partial charge in [-0.25, -0.2) is 4.90 Å². The van der Waals surface area contributed by atoms with Gasteiger partial charge < -0.3 is 4.74 Å². The lowest BCUT2D eigenvalue weighted by Gasteiger charge is -2.31. The molecule has 198 valence electrons. The van der Waals surface area contributed by atoms with Gasteiger partial charge in [0.25, 0.3) is 0 Å². The van der Waals surface area contributed by atoms with Crippen LogP contribution in [0, 0.1) is 5.92 Å². The van der Waals surface area contributed by atoms with Gasteiger partial charge >= 0.3 is 10.8 Å². The van der Waals surface area contributed by atoms with Crippen LogP contribution in [-0.4, -0.2) is 34.2 Å². The highest BCUT2D eigenvalue weighted by Crippen LogP contribution is 2.54. The molecule has 0 bridgehead atoms. The molecular formula is C28H27BrN2O5S2. The molecule has 0 N–H and O–H groups in total. The third-order valence-corrected chi connectivity index (χ3v) is 9.99. The first-order valence-electron chi connectivity index (χ1n) is 12.3. The zero-order valence-electron chi connectivity index (χ0n) is 21.4. The number of hydrogen-bond donors (Lipinski definition) is 0. The van der Waals surface area contributed by atoms with Crippen molar-refractivity contribution in [2.45, 2.75) is 55.8 Å². The fourth-order valence-corrected chi connectivity index (χ4v) is 8.02. The maximum Gasteiger partial charge on any atom is 0.326 e. The molecule has 0 saturated carbocycles. The van der Waals surface area contributed by atoms with Crippen LogP contribution >= 0.6 is 39.0 Å². The van der Waals surface area contributed by atoms with Crippen LogP contribution in [0.3, 0.4) is 0 Å². The van der Waals surface area contributed by atoms with E-state index in [2.05, 4.69) is 36.7 Å². The third kappa shape index (κ3) is 4.67. The molecule has 38 heavy (non-hydrogen) atoms. The summed E-state index contributed by atoms with van der Waals surface area (Å²) in [6.45, 7) is 8.06. The smallest absolute Gasteiger partial charge is 0.326 e. The van der Waals surface area contributed by atoms with Gasteiger partial charge in [0.15, 0.2) is 0 Å². The molecule has 5 rings (SSSR count). The molecule has 3 unspecified atom stereocenters. The summed E-state index contributed by atoms with van der Waals surface area (Å²) in [7, 11) is 0. The number of anilines is 1. The fraction of sp³-hybridized carbons (Fsp3) is 0.357. The van der Waals surface area contributed by atoms with E-state index in [9.17, 15) is 19.2 Å². The maximum atomic E-state index is 13.9. The number of imide groups is 1. The predicted octanol–water partition coefficient (Wildman–Crippen LogP) is 5.33. The largest absolute Gasteiger partial charge is 0.465 e. The summed E-state index contributed by atoms with van der Waals surface area (Å²) in [4.78, 5) is 54.7. The Balaban J connectivity index is 1.64. The number of benzene rings is 2. The van der Waals surface area contributed by atoms with Crippen molar-refractivity contribution >= 4 is 62.5 Å². The molecule has 3 aromatic rings. The van der Waals surface area contributed by atoms with Crippen molar-refractivity contribution in [3.05, 3.63) is 78.7 Å². The molecule has 2 aliphatic heterocycles. The summed E-state index contributed by atoms with van der Waals surface area (Å²) < 4.78 is 7.32. The van der Waals surface area contributed by atoms with E-state index in [0.29, 0.717) is 15.6 Å². The minimum atomic E-state index is -0.728. The lowest BCUT2D eigenvalue weighted by atomic mass is 9.81. The Labute approximate surface area is 237 Å². The Hall–Kier alpha value is -2.69. The summed E-state index contributed by atoms with van der Waals surface area (Å²) in [6, 6.07) is 15.1. The number of carbonyl (C=O) groups excluding carboxylic acids is 3. The molecule has 1 fully saturated rings. The second-order valence-electron chi connectivity index (χ2n) is 10.3. The number of ether oxygens (including phenoxy) is 1. The van der Waals surface area contributed by atoms with E-state index in [1.54, 1.807) is 31.2 Å². The van der Waals surface area contributed by atoms with Gasteiger partial charge in [-0.05, 0) is 47.7 Å². The monoisotopic (exact) mass is 614 g/mol. The number of halogens is 1. The first kappa shape index (κ1) is 26.9. The van der Waals surface area contributed by atoms with E-state index in [-0.39, 0.29) is 35.3 Å². The lowest BCUT2D eigenvalue weighted by Crippen LogP contribution is -2.32. The molecule has 3 atom stereocenters. The SMILES string of the molecule is CCOC(=O)Cn1c2c(sc1=O)C(c1ccc(C(C)(C)C)cc1)C1C(=O)N(c3ccc(Br)cc3)C(=O)C1S2. The Morgan fingerprint density at radius 2 is 1.66 bits per heavy atom. The quantitative estimate of drug-likeness (QED) is 0.285. The number of hydrogen-bond acceptors (Lipinski definition) is 7. The Morgan fingerprint density at radius 1 is 1.00 bits per heavy atom. The summed E-state index contributed by atoms with van der Waals surface area (Å²) in [5.41, 5.74) is 2.45. The fourth-order valence-electron chi connectivity index (χ4n) is 4.99. The van der Waals surface area contributed by atoms with E-state index < -0.39 is 23.1 Å². The van der Waals surface area contributed by atoms with Crippen LogP contribution in [0.5, 0.6) is 0 Å². The van der Waals surface area contributed by atoms with Crippen LogP contribution in [0.2, 0.25) is 0 Å². The molecule has 3 heterocycles. The summed E-state index contributed by atoms with van der Waals surface area (Å²) in [6.07, 6.45) is 0. The van der Waals surface area contributed by atoms with E-state index in [1.165, 1.54) is 21.2 Å². The van der Waals surface area contributed by atoms with Crippen molar-refractivity contribution in [3.8, 4) is 0 Å². The topological polar surface area (TPSA) is 85.7 Å². The maximum absolute atomic E-state index is 13.9. The highest BCUT2D eigenvalue weighted by atomic mass is 79.9. The normalized spacial score (nSPS) is 20.9. The van der Waals surface area contributed by atoms with Crippen molar-refractivity contribution in [2.75, 3.05) is 11.5 Å². The average Bonchev–Trinajstić information content (AvgIpc) is 3.30. The molecule has 2 aromatic carbocycles. The average molecular weight is 616 g/mol. The standard InChI is InChI=1S/C28H27BrN2O5S2/c1-5-36-19(32)14-30-26-23(38-27(30)35)20(15-6-8-16(9-7-15)28(2,3)4)21-22(37-26)25(34)31(24(21)33)18-12-10-17(29)11-13-18/h6-13,20-22H,5,14H2,1-4H3. The summed E-state index contributed by atoms with van der Waals surface area (Å²) >= 11 is 5.63. The number of amides is 2. The van der Waals surface area contributed by atoms with Crippen LogP contribution in [0.1, 0.15) is 49.6 Å². The molecule has 1 aromatic heterocycles. The zero-order chi connectivity index (χ0) is 27.4. The molecule has 0 spiro atoms. The first-order valence-corrected chi connectivity index (χ1v) is 14.8. The molecule has 0 radical (unpaired) electrons. The zero-order valence-corrected chi connectivity index (χ0v) is 24.6. The van der Waals surface area contributed by atoms with E-state index in [0.717, 1.165) is 26.9 Å². The minimum absolute atomic E-state index is 0.0556. The van der Waals surface area contributed by atoms with Crippen molar-refractivity contribution in [1.82, 2.24) is 4.57 Å². The first-order chi connectivity index (χ1) is 18.0. The van der Waals surface area contributed by atoms with Crippen LogP contribution < -0.4 is 9.77 Å². The molecule has 0 aliphatic carbocycles. The van der Waals surface area contributed by atoms with Crippen LogP contribution in [-0.2, 0) is 31.1 Å². The van der Waals surface area contributed by atoms with Crippen molar-refractivity contribution in [3.63, 3.8) is 0 Å². The number of nitrogens with zero attached hydrogens (tertiary/aromatic N) is 2. The Morgan fingerprint density at radius 3 is 2.26 bits per heavy atom.